The molecule has 10 N–H and O–H groups in total. The van der Waals surface area contributed by atoms with Crippen molar-refractivity contribution >= 4 is 23.5 Å². The molecule has 0 saturated heterocycles. The first-order chi connectivity index (χ1) is 7.41. The van der Waals surface area contributed by atoms with Gasteiger partial charge in [-0.3, -0.25) is 10.4 Å². The van der Waals surface area contributed by atoms with Crippen LogP contribution in [0, 0.1) is 10.8 Å². The van der Waals surface area contributed by atoms with Gasteiger partial charge in [0.25, 0.3) is 0 Å². The minimum atomic E-state index is -0.134. The first-order valence-electron chi connectivity index (χ1n) is 4.70. The van der Waals surface area contributed by atoms with Crippen LogP contribution in [0.5, 0.6) is 0 Å². The zero-order valence-electron chi connectivity index (χ0n) is 9.03. The Kier molecular flexibility index (Phi) is 6.25. The van der Waals surface area contributed by atoms with Crippen LogP contribution >= 0.6 is 0 Å². The van der Waals surface area contributed by atoms with Crippen LogP contribution in [0.2, 0.25) is 0 Å². The third kappa shape index (κ3) is 8.48. The number of aliphatic imine (C=N–C) groups is 2. The van der Waals surface area contributed by atoms with Crippen molar-refractivity contribution in [1.82, 2.24) is 0 Å². The monoisotopic (exact) mass is 226 g/mol. The van der Waals surface area contributed by atoms with Gasteiger partial charge in [0.15, 0.2) is 5.96 Å². The lowest BCUT2D eigenvalue weighted by molar-refractivity contribution is 0.865. The molecule has 0 atom stereocenters. The van der Waals surface area contributed by atoms with Crippen molar-refractivity contribution in [3.63, 3.8) is 0 Å². The van der Waals surface area contributed by atoms with Crippen LogP contribution in [0.15, 0.2) is 9.98 Å². The molecule has 90 valence electrons. The van der Waals surface area contributed by atoms with Crippen LogP contribution in [-0.2, 0) is 0 Å². The Bertz CT molecular complexity index is 312. The fraction of sp³-hybridized carbons (Fsp3) is 0.500. The predicted molar refractivity (Wildman–Crippen MR) is 65.8 cm³/mol. The van der Waals surface area contributed by atoms with Gasteiger partial charge in [0.2, 0.25) is 5.96 Å². The molecular formula is C8H18N8. The fourth-order valence-electron chi connectivity index (χ4n) is 0.972. The Labute approximate surface area is 93.8 Å². The number of guanidine groups is 2. The summed E-state index contributed by atoms with van der Waals surface area (Å²) in [5.74, 6) is -0.114. The van der Waals surface area contributed by atoms with E-state index in [1.165, 1.54) is 0 Å². The lowest BCUT2D eigenvalue weighted by Crippen LogP contribution is -2.26. The second-order valence-electron chi connectivity index (χ2n) is 3.19. The quantitative estimate of drug-likeness (QED) is 0.187. The molecule has 0 aliphatic heterocycles. The number of hydrogen-bond donors (Lipinski definition) is 6. The highest BCUT2D eigenvalue weighted by atomic mass is 15.1. The lowest BCUT2D eigenvalue weighted by atomic mass is 10.1. The number of rotatable bonds is 6. The standard InChI is InChI=1S/C8H18N8/c9-5(4-6(10)11)2-1-3-15-8(14)16-7(12)13/h9H,1-4H2,(H3,10,11)(H6,12,13,14,15,16). The van der Waals surface area contributed by atoms with Gasteiger partial charge in [-0.25, -0.2) is 0 Å². The summed E-state index contributed by atoms with van der Waals surface area (Å²) in [6.45, 7) is 0.433. The van der Waals surface area contributed by atoms with E-state index < -0.39 is 0 Å². The van der Waals surface area contributed by atoms with Gasteiger partial charge in [0.1, 0.15) is 0 Å². The van der Waals surface area contributed by atoms with Crippen molar-refractivity contribution < 1.29 is 0 Å². The summed E-state index contributed by atoms with van der Waals surface area (Å²) in [6.07, 6.45) is 1.37. The van der Waals surface area contributed by atoms with Crippen molar-refractivity contribution in [3.05, 3.63) is 0 Å². The number of nitrogens with two attached hydrogens (primary N) is 4. The molecule has 0 aromatic carbocycles. The molecule has 16 heavy (non-hydrogen) atoms. The van der Waals surface area contributed by atoms with E-state index >= 15 is 0 Å². The average Bonchev–Trinajstić information content (AvgIpc) is 2.10. The maximum absolute atomic E-state index is 7.45. The third-order valence-electron chi connectivity index (χ3n) is 1.56. The normalized spacial score (nSPS) is 10.9. The summed E-state index contributed by atoms with van der Waals surface area (Å²) >= 11 is 0. The van der Waals surface area contributed by atoms with Gasteiger partial charge in [-0.2, -0.15) is 4.99 Å². The molecule has 0 aromatic heterocycles. The van der Waals surface area contributed by atoms with Gasteiger partial charge in [-0.15, -0.1) is 0 Å². The van der Waals surface area contributed by atoms with Crippen molar-refractivity contribution in [1.29, 1.82) is 10.8 Å². The van der Waals surface area contributed by atoms with Crippen LogP contribution in [0.4, 0.5) is 0 Å². The van der Waals surface area contributed by atoms with Crippen LogP contribution in [0.1, 0.15) is 19.3 Å². The highest BCUT2D eigenvalue weighted by Crippen LogP contribution is 1.96. The first kappa shape index (κ1) is 13.9. The van der Waals surface area contributed by atoms with E-state index in [9.17, 15) is 0 Å². The summed E-state index contributed by atoms with van der Waals surface area (Å²) in [5.41, 5.74) is 21.1. The molecule has 0 aliphatic carbocycles. The summed E-state index contributed by atoms with van der Waals surface area (Å²) in [6, 6.07) is 0. The van der Waals surface area contributed by atoms with Crippen molar-refractivity contribution in [2.24, 2.45) is 32.9 Å². The third-order valence-corrected chi connectivity index (χ3v) is 1.56. The van der Waals surface area contributed by atoms with Crippen molar-refractivity contribution in [2.45, 2.75) is 19.3 Å². The van der Waals surface area contributed by atoms with E-state index in [0.717, 1.165) is 0 Å². The minimum absolute atomic E-state index is 0.00600. The zero-order chi connectivity index (χ0) is 12.6. The van der Waals surface area contributed by atoms with Gasteiger partial charge in [0, 0.05) is 18.7 Å². The van der Waals surface area contributed by atoms with Crippen LogP contribution in [0.3, 0.4) is 0 Å². The molecule has 0 unspecified atom stereocenters. The van der Waals surface area contributed by atoms with Gasteiger partial charge in [0.05, 0.1) is 5.84 Å². The number of amidine groups is 1. The van der Waals surface area contributed by atoms with Gasteiger partial charge < -0.3 is 28.3 Å². The molecule has 0 spiro atoms. The summed E-state index contributed by atoms with van der Waals surface area (Å²) in [7, 11) is 0. The number of hydrogen-bond acceptors (Lipinski definition) is 3. The van der Waals surface area contributed by atoms with E-state index in [4.69, 9.17) is 33.8 Å². The SMILES string of the molecule is N=C(N)CC(=N)CCCN=C(N)N=C(N)N. The molecule has 0 heterocycles. The highest BCUT2D eigenvalue weighted by molar-refractivity contribution is 5.99. The highest BCUT2D eigenvalue weighted by Gasteiger charge is 1.98. The van der Waals surface area contributed by atoms with E-state index in [1.807, 2.05) is 0 Å². The molecule has 0 rings (SSSR count). The second-order valence-corrected chi connectivity index (χ2v) is 3.19. The molecule has 0 bridgehead atoms. The molecule has 0 fully saturated rings. The van der Waals surface area contributed by atoms with E-state index in [2.05, 4.69) is 9.98 Å². The molecule has 0 radical (unpaired) electrons. The van der Waals surface area contributed by atoms with Crippen LogP contribution in [-0.4, -0.2) is 30.0 Å². The van der Waals surface area contributed by atoms with Crippen LogP contribution in [0.25, 0.3) is 0 Å². The fourth-order valence-corrected chi connectivity index (χ4v) is 0.972. The van der Waals surface area contributed by atoms with E-state index in [0.29, 0.717) is 25.1 Å². The Balaban J connectivity index is 3.79. The molecule has 8 heteroatoms. The lowest BCUT2D eigenvalue weighted by Gasteiger charge is -2.00. The summed E-state index contributed by atoms with van der Waals surface area (Å²) < 4.78 is 0. The molecule has 0 saturated carbocycles. The largest absolute Gasteiger partial charge is 0.387 e. The summed E-state index contributed by atoms with van der Waals surface area (Å²) in [4.78, 5) is 7.42. The zero-order valence-corrected chi connectivity index (χ0v) is 9.03. The summed E-state index contributed by atoms with van der Waals surface area (Å²) in [5, 5.41) is 14.4. The van der Waals surface area contributed by atoms with Gasteiger partial charge in [-0.05, 0) is 12.8 Å². The Morgan fingerprint density at radius 1 is 1.06 bits per heavy atom. The predicted octanol–water partition coefficient (Wildman–Crippen LogP) is -1.30. The first-order valence-corrected chi connectivity index (χ1v) is 4.70. The molecule has 0 aliphatic rings. The number of nitrogens with one attached hydrogen (secondary N) is 2. The maximum atomic E-state index is 7.45. The molecular weight excluding hydrogens is 208 g/mol. The van der Waals surface area contributed by atoms with Crippen molar-refractivity contribution in [3.8, 4) is 0 Å². The second kappa shape index (κ2) is 7.21. The maximum Gasteiger partial charge on any atom is 0.218 e. The van der Waals surface area contributed by atoms with E-state index in [1.54, 1.807) is 0 Å². The molecule has 0 aromatic rings. The van der Waals surface area contributed by atoms with Crippen molar-refractivity contribution in [2.75, 3.05) is 6.54 Å². The Morgan fingerprint density at radius 2 is 1.69 bits per heavy atom. The Hall–Kier alpha value is -2.12. The molecule has 8 nitrogen and oxygen atoms in total. The smallest absolute Gasteiger partial charge is 0.218 e. The van der Waals surface area contributed by atoms with Crippen LogP contribution < -0.4 is 22.9 Å². The number of nitrogens with zero attached hydrogens (tertiary/aromatic N) is 2. The average molecular weight is 226 g/mol. The minimum Gasteiger partial charge on any atom is -0.387 e. The van der Waals surface area contributed by atoms with E-state index in [-0.39, 0.29) is 24.2 Å². The van der Waals surface area contributed by atoms with Gasteiger partial charge >= 0.3 is 0 Å². The molecule has 0 amide bonds. The topological polar surface area (TPSA) is 176 Å². The van der Waals surface area contributed by atoms with Gasteiger partial charge in [-0.1, -0.05) is 0 Å². The Morgan fingerprint density at radius 3 is 2.19 bits per heavy atom.